The zero-order valence-electron chi connectivity index (χ0n) is 10.2. The average molecular weight is 303 g/mol. The Hall–Kier alpha value is -2.29. The summed E-state index contributed by atoms with van der Waals surface area (Å²) in [5.41, 5.74) is 0.0635. The van der Waals surface area contributed by atoms with Gasteiger partial charge in [0.25, 0.3) is 0 Å². The maximum absolute atomic E-state index is 12.3. The van der Waals surface area contributed by atoms with Crippen LogP contribution in [0.1, 0.15) is 22.0 Å². The topological polar surface area (TPSA) is 84.9 Å². The van der Waals surface area contributed by atoms with Crippen LogP contribution in [0.15, 0.2) is 12.1 Å². The van der Waals surface area contributed by atoms with E-state index in [0.717, 1.165) is 0 Å². The van der Waals surface area contributed by atoms with Crippen LogP contribution in [-0.2, 0) is 4.79 Å². The summed E-state index contributed by atoms with van der Waals surface area (Å²) in [5.74, 6) is -2.51. The van der Waals surface area contributed by atoms with Gasteiger partial charge in [0.1, 0.15) is 6.10 Å². The van der Waals surface area contributed by atoms with E-state index in [1.54, 1.807) is 5.32 Å². The Morgan fingerprint density at radius 2 is 1.90 bits per heavy atom. The van der Waals surface area contributed by atoms with Crippen molar-refractivity contribution in [3.05, 3.63) is 23.3 Å². The van der Waals surface area contributed by atoms with Gasteiger partial charge in [0.05, 0.1) is 6.04 Å². The largest absolute Gasteiger partial charge is 0.471 e. The molecule has 0 aromatic heterocycles. The van der Waals surface area contributed by atoms with Crippen LogP contribution in [0.4, 0.5) is 13.2 Å². The van der Waals surface area contributed by atoms with E-state index in [1.807, 2.05) is 0 Å². The molecule has 6 nitrogen and oxygen atoms in total. The van der Waals surface area contributed by atoms with Gasteiger partial charge < -0.3 is 19.9 Å². The van der Waals surface area contributed by atoms with E-state index in [0.29, 0.717) is 0 Å². The molecule has 3 rings (SSSR count). The van der Waals surface area contributed by atoms with Gasteiger partial charge in [-0.15, -0.1) is 0 Å². The Labute approximate surface area is 115 Å². The van der Waals surface area contributed by atoms with Crippen molar-refractivity contribution in [3.63, 3.8) is 0 Å². The SMILES string of the molecule is O=C1c2cc3c(cc2C(NC(=O)C(F)(F)F)C1O)OCO3. The molecule has 9 heteroatoms. The second kappa shape index (κ2) is 4.35. The molecule has 1 amide bonds. The lowest BCUT2D eigenvalue weighted by Gasteiger charge is -2.18. The number of aliphatic hydroxyl groups excluding tert-OH is 1. The molecule has 0 fully saturated rings. The number of nitrogens with one attached hydrogen (secondary N) is 1. The number of aliphatic hydroxyl groups is 1. The molecule has 1 heterocycles. The first-order valence-corrected chi connectivity index (χ1v) is 5.82. The van der Waals surface area contributed by atoms with E-state index in [-0.39, 0.29) is 29.4 Å². The van der Waals surface area contributed by atoms with Gasteiger partial charge in [-0.25, -0.2) is 0 Å². The molecule has 2 N–H and O–H groups in total. The van der Waals surface area contributed by atoms with E-state index < -0.39 is 30.0 Å². The van der Waals surface area contributed by atoms with E-state index >= 15 is 0 Å². The number of fused-ring (bicyclic) bond motifs is 2. The lowest BCUT2D eigenvalue weighted by molar-refractivity contribution is -0.174. The van der Waals surface area contributed by atoms with Gasteiger partial charge in [-0.2, -0.15) is 13.2 Å². The highest BCUT2D eigenvalue weighted by Gasteiger charge is 2.46. The van der Waals surface area contributed by atoms with Crippen molar-refractivity contribution in [3.8, 4) is 11.5 Å². The molecule has 0 radical (unpaired) electrons. The van der Waals surface area contributed by atoms with Gasteiger partial charge in [0, 0.05) is 5.56 Å². The lowest BCUT2D eigenvalue weighted by atomic mass is 10.1. The number of ketones is 1. The van der Waals surface area contributed by atoms with Gasteiger partial charge in [0.2, 0.25) is 6.79 Å². The van der Waals surface area contributed by atoms with E-state index in [1.165, 1.54) is 12.1 Å². The number of ether oxygens (including phenoxy) is 2. The zero-order chi connectivity index (χ0) is 15.4. The Morgan fingerprint density at radius 1 is 1.29 bits per heavy atom. The number of benzene rings is 1. The predicted molar refractivity (Wildman–Crippen MR) is 59.8 cm³/mol. The Balaban J connectivity index is 1.98. The molecular formula is C12H8F3NO5. The first kappa shape index (κ1) is 13.7. The number of hydrogen-bond donors (Lipinski definition) is 2. The van der Waals surface area contributed by atoms with Crippen molar-refractivity contribution in [2.75, 3.05) is 6.79 Å². The minimum Gasteiger partial charge on any atom is -0.454 e. The maximum atomic E-state index is 12.3. The van der Waals surface area contributed by atoms with Crippen molar-refractivity contribution >= 4 is 11.7 Å². The first-order chi connectivity index (χ1) is 9.79. The summed E-state index contributed by atoms with van der Waals surface area (Å²) in [6, 6.07) is 1.09. The van der Waals surface area contributed by atoms with E-state index in [4.69, 9.17) is 9.47 Å². The van der Waals surface area contributed by atoms with Gasteiger partial charge in [-0.05, 0) is 17.7 Å². The molecule has 2 aliphatic rings. The summed E-state index contributed by atoms with van der Waals surface area (Å²) in [6.07, 6.45) is -6.89. The summed E-state index contributed by atoms with van der Waals surface area (Å²) in [4.78, 5) is 22.9. The van der Waals surface area contributed by atoms with Crippen LogP contribution < -0.4 is 14.8 Å². The normalized spacial score (nSPS) is 23.1. The summed E-state index contributed by atoms with van der Waals surface area (Å²) < 4.78 is 47.0. The molecule has 1 aromatic carbocycles. The highest BCUT2D eigenvalue weighted by atomic mass is 19.4. The fraction of sp³-hybridized carbons (Fsp3) is 0.333. The quantitative estimate of drug-likeness (QED) is 0.797. The molecule has 0 bridgehead atoms. The molecule has 1 aliphatic carbocycles. The van der Waals surface area contributed by atoms with Gasteiger partial charge in [-0.3, -0.25) is 9.59 Å². The van der Waals surface area contributed by atoms with Crippen LogP contribution in [0.2, 0.25) is 0 Å². The molecule has 112 valence electrons. The Morgan fingerprint density at radius 3 is 2.52 bits per heavy atom. The van der Waals surface area contributed by atoms with Crippen LogP contribution in [-0.4, -0.2) is 35.9 Å². The number of hydrogen-bond acceptors (Lipinski definition) is 5. The van der Waals surface area contributed by atoms with Crippen LogP contribution in [0.5, 0.6) is 11.5 Å². The first-order valence-electron chi connectivity index (χ1n) is 5.82. The molecule has 21 heavy (non-hydrogen) atoms. The molecule has 2 unspecified atom stereocenters. The minimum absolute atomic E-state index is 0.000718. The van der Waals surface area contributed by atoms with E-state index in [9.17, 15) is 27.9 Å². The number of Topliss-reactive ketones (excluding diaryl/α,β-unsaturated/α-hetero) is 1. The monoisotopic (exact) mass is 303 g/mol. The third-order valence-corrected chi connectivity index (χ3v) is 3.27. The third-order valence-electron chi connectivity index (χ3n) is 3.27. The number of carbonyl (C=O) groups is 2. The number of rotatable bonds is 1. The summed E-state index contributed by atoms with van der Waals surface area (Å²) in [5, 5.41) is 11.4. The molecule has 0 spiro atoms. The third kappa shape index (κ3) is 2.09. The van der Waals surface area contributed by atoms with Crippen molar-refractivity contribution in [1.82, 2.24) is 5.32 Å². The van der Waals surface area contributed by atoms with Crippen molar-refractivity contribution in [2.24, 2.45) is 0 Å². The van der Waals surface area contributed by atoms with Crippen molar-refractivity contribution < 1.29 is 37.3 Å². The molecule has 1 aromatic rings. The number of amides is 1. The number of halogens is 3. The predicted octanol–water partition coefficient (Wildman–Crippen LogP) is 0.692. The summed E-state index contributed by atoms with van der Waals surface area (Å²) >= 11 is 0. The molecule has 2 atom stereocenters. The second-order valence-corrected chi connectivity index (χ2v) is 4.55. The van der Waals surface area contributed by atoms with Gasteiger partial charge >= 0.3 is 12.1 Å². The Kier molecular flexibility index (Phi) is 2.84. The van der Waals surface area contributed by atoms with E-state index in [2.05, 4.69) is 0 Å². The zero-order valence-corrected chi connectivity index (χ0v) is 10.2. The number of alkyl halides is 3. The minimum atomic E-state index is -5.11. The molecule has 1 aliphatic heterocycles. The van der Waals surface area contributed by atoms with Crippen LogP contribution in [0.25, 0.3) is 0 Å². The summed E-state index contributed by atoms with van der Waals surface area (Å²) in [7, 11) is 0. The average Bonchev–Trinajstić information content (AvgIpc) is 2.94. The fourth-order valence-corrected chi connectivity index (χ4v) is 2.29. The van der Waals surface area contributed by atoms with Crippen LogP contribution in [0, 0.1) is 0 Å². The number of carbonyl (C=O) groups excluding carboxylic acids is 2. The summed E-state index contributed by atoms with van der Waals surface area (Å²) in [6.45, 7) is -0.0749. The van der Waals surface area contributed by atoms with Crippen molar-refractivity contribution in [2.45, 2.75) is 18.3 Å². The Bertz CT molecular complexity index is 643. The van der Waals surface area contributed by atoms with Gasteiger partial charge in [-0.1, -0.05) is 0 Å². The van der Waals surface area contributed by atoms with Crippen LogP contribution in [0.3, 0.4) is 0 Å². The maximum Gasteiger partial charge on any atom is 0.471 e. The highest BCUT2D eigenvalue weighted by molar-refractivity contribution is 6.06. The highest BCUT2D eigenvalue weighted by Crippen LogP contribution is 2.41. The fourth-order valence-electron chi connectivity index (χ4n) is 2.29. The van der Waals surface area contributed by atoms with Crippen LogP contribution >= 0.6 is 0 Å². The molecule has 0 saturated carbocycles. The molecular weight excluding hydrogens is 295 g/mol. The lowest BCUT2D eigenvalue weighted by Crippen LogP contribution is -2.42. The standard InChI is InChI=1S/C12H8F3NO5/c13-12(14,15)11(19)16-8-4-1-6-7(21-3-20-6)2-5(4)9(17)10(8)18/h1-2,8,10,18H,3H2,(H,16,19). The smallest absolute Gasteiger partial charge is 0.454 e. The van der Waals surface area contributed by atoms with Gasteiger partial charge in [0.15, 0.2) is 17.3 Å². The van der Waals surface area contributed by atoms with Crippen molar-refractivity contribution in [1.29, 1.82) is 0 Å². The molecule has 0 saturated heterocycles. The second-order valence-electron chi connectivity index (χ2n) is 4.55.